The Morgan fingerprint density at radius 1 is 1.43 bits per heavy atom. The summed E-state index contributed by atoms with van der Waals surface area (Å²) in [5.41, 5.74) is -0.523. The van der Waals surface area contributed by atoms with Crippen molar-refractivity contribution in [1.82, 2.24) is 10.3 Å². The normalized spacial score (nSPS) is 18.3. The van der Waals surface area contributed by atoms with Crippen LogP contribution in [0.5, 0.6) is 0 Å². The maximum absolute atomic E-state index is 12.1. The maximum Gasteiger partial charge on any atom is 0.355 e. The van der Waals surface area contributed by atoms with Gasteiger partial charge in [-0.15, -0.1) is 0 Å². The van der Waals surface area contributed by atoms with Crippen molar-refractivity contribution in [2.24, 2.45) is 0 Å². The van der Waals surface area contributed by atoms with Gasteiger partial charge < -0.3 is 15.0 Å². The lowest BCUT2D eigenvalue weighted by Gasteiger charge is -2.32. The Labute approximate surface area is 123 Å². The number of H-pyrrole nitrogens is 1. The zero-order valence-electron chi connectivity index (χ0n) is 12.0. The van der Waals surface area contributed by atoms with Crippen molar-refractivity contribution < 1.29 is 14.3 Å². The molecule has 21 heavy (non-hydrogen) atoms. The fourth-order valence-corrected chi connectivity index (χ4v) is 2.49. The van der Waals surface area contributed by atoms with E-state index in [2.05, 4.69) is 16.4 Å². The molecule has 1 amide bonds. The van der Waals surface area contributed by atoms with Crippen LogP contribution in [0.15, 0.2) is 18.3 Å². The second kappa shape index (κ2) is 6.44. The summed E-state index contributed by atoms with van der Waals surface area (Å²) in [6.07, 6.45) is 4.88. The Kier molecular flexibility index (Phi) is 4.63. The first kappa shape index (κ1) is 15.1. The average molecular weight is 289 g/mol. The van der Waals surface area contributed by atoms with Gasteiger partial charge in [0.2, 0.25) is 0 Å². The molecule has 1 aliphatic carbocycles. The number of aromatic amines is 1. The third-order valence-electron chi connectivity index (χ3n) is 3.75. The average Bonchev–Trinajstić information content (AvgIpc) is 3.02. The van der Waals surface area contributed by atoms with Gasteiger partial charge in [0.1, 0.15) is 11.2 Å². The van der Waals surface area contributed by atoms with Crippen LogP contribution in [0.25, 0.3) is 0 Å². The van der Waals surface area contributed by atoms with Crippen LogP contribution in [-0.4, -0.2) is 28.5 Å². The Morgan fingerprint density at radius 2 is 2.14 bits per heavy atom. The Bertz CT molecular complexity index is 539. The predicted octanol–water partition coefficient (Wildman–Crippen LogP) is 1.90. The van der Waals surface area contributed by atoms with Gasteiger partial charge in [-0.25, -0.2) is 4.79 Å². The standard InChI is InChI=1S/C15H19N3O3/c1-11(21-14(20)12-6-5-9-17-12)13(19)18-15(10-16)7-3-2-4-8-15/h5-6,9,11,17H,2-4,7-8H2,1H3,(H,18,19)/t11-/m0/s1. The lowest BCUT2D eigenvalue weighted by molar-refractivity contribution is -0.130. The third-order valence-corrected chi connectivity index (χ3v) is 3.75. The second-order valence-corrected chi connectivity index (χ2v) is 5.38. The van der Waals surface area contributed by atoms with Crippen molar-refractivity contribution >= 4 is 11.9 Å². The van der Waals surface area contributed by atoms with E-state index < -0.39 is 23.5 Å². The number of nitrogens with zero attached hydrogens (tertiary/aromatic N) is 1. The van der Waals surface area contributed by atoms with Crippen LogP contribution in [0.3, 0.4) is 0 Å². The largest absolute Gasteiger partial charge is 0.448 e. The molecule has 112 valence electrons. The van der Waals surface area contributed by atoms with Crippen LogP contribution in [0.2, 0.25) is 0 Å². The first-order chi connectivity index (χ1) is 10.1. The molecule has 2 N–H and O–H groups in total. The van der Waals surface area contributed by atoms with E-state index in [1.54, 1.807) is 18.3 Å². The summed E-state index contributed by atoms with van der Waals surface area (Å²) in [6.45, 7) is 1.50. The van der Waals surface area contributed by atoms with E-state index in [0.717, 1.165) is 19.3 Å². The summed E-state index contributed by atoms with van der Waals surface area (Å²) in [4.78, 5) is 26.6. The van der Waals surface area contributed by atoms with Gasteiger partial charge in [0.25, 0.3) is 5.91 Å². The van der Waals surface area contributed by atoms with Crippen LogP contribution >= 0.6 is 0 Å². The number of aromatic nitrogens is 1. The fourth-order valence-electron chi connectivity index (χ4n) is 2.49. The zero-order valence-corrected chi connectivity index (χ0v) is 12.0. The molecular formula is C15H19N3O3. The summed E-state index contributed by atoms with van der Waals surface area (Å²) in [5, 5.41) is 12.1. The second-order valence-electron chi connectivity index (χ2n) is 5.38. The molecule has 1 heterocycles. The van der Waals surface area contributed by atoms with E-state index in [4.69, 9.17) is 4.74 Å². The number of nitriles is 1. The SMILES string of the molecule is C[C@H](OC(=O)c1ccc[nH]1)C(=O)NC1(C#N)CCCCC1. The monoisotopic (exact) mass is 289 g/mol. The maximum atomic E-state index is 12.1. The van der Waals surface area contributed by atoms with Crippen molar-refractivity contribution in [1.29, 1.82) is 5.26 Å². The topological polar surface area (TPSA) is 95.0 Å². The minimum Gasteiger partial charge on any atom is -0.448 e. The number of amides is 1. The minimum atomic E-state index is -0.937. The molecule has 0 unspecified atom stereocenters. The number of hydrogen-bond donors (Lipinski definition) is 2. The van der Waals surface area contributed by atoms with E-state index in [0.29, 0.717) is 18.5 Å². The van der Waals surface area contributed by atoms with Crippen molar-refractivity contribution in [3.05, 3.63) is 24.0 Å². The van der Waals surface area contributed by atoms with E-state index in [9.17, 15) is 14.9 Å². The molecule has 6 heteroatoms. The molecule has 1 aliphatic rings. The van der Waals surface area contributed by atoms with Gasteiger partial charge >= 0.3 is 5.97 Å². The van der Waals surface area contributed by atoms with E-state index in [1.165, 1.54) is 6.92 Å². The van der Waals surface area contributed by atoms with Crippen LogP contribution in [0, 0.1) is 11.3 Å². The lowest BCUT2D eigenvalue weighted by Crippen LogP contribution is -2.52. The predicted molar refractivity (Wildman–Crippen MR) is 75.2 cm³/mol. The number of carbonyl (C=O) groups excluding carboxylic acids is 2. The number of rotatable bonds is 4. The summed E-state index contributed by atoms with van der Waals surface area (Å²) in [6, 6.07) is 5.45. The van der Waals surface area contributed by atoms with Gasteiger partial charge in [0, 0.05) is 6.20 Å². The first-order valence-electron chi connectivity index (χ1n) is 7.14. The number of esters is 1. The van der Waals surface area contributed by atoms with Crippen LogP contribution in [0.1, 0.15) is 49.5 Å². The van der Waals surface area contributed by atoms with Gasteiger partial charge in [-0.3, -0.25) is 4.79 Å². The van der Waals surface area contributed by atoms with Crippen molar-refractivity contribution in [3.8, 4) is 6.07 Å². The molecule has 1 saturated carbocycles. The van der Waals surface area contributed by atoms with Crippen molar-refractivity contribution in [3.63, 3.8) is 0 Å². The molecule has 1 aromatic heterocycles. The molecule has 6 nitrogen and oxygen atoms in total. The van der Waals surface area contributed by atoms with Crippen molar-refractivity contribution in [2.45, 2.75) is 50.7 Å². The van der Waals surface area contributed by atoms with Gasteiger partial charge in [0.15, 0.2) is 6.10 Å². The Morgan fingerprint density at radius 3 is 2.71 bits per heavy atom. The number of ether oxygens (including phenoxy) is 1. The molecule has 0 aliphatic heterocycles. The smallest absolute Gasteiger partial charge is 0.355 e. The molecule has 1 fully saturated rings. The number of hydrogen-bond acceptors (Lipinski definition) is 4. The Hall–Kier alpha value is -2.29. The van der Waals surface area contributed by atoms with Crippen molar-refractivity contribution in [2.75, 3.05) is 0 Å². The highest BCUT2D eigenvalue weighted by Gasteiger charge is 2.35. The van der Waals surface area contributed by atoms with Gasteiger partial charge in [0.05, 0.1) is 6.07 Å². The van der Waals surface area contributed by atoms with Crippen LogP contribution in [0.4, 0.5) is 0 Å². The molecule has 0 radical (unpaired) electrons. The first-order valence-corrected chi connectivity index (χ1v) is 7.14. The molecular weight excluding hydrogens is 270 g/mol. The quantitative estimate of drug-likeness (QED) is 0.828. The van der Waals surface area contributed by atoms with E-state index in [1.807, 2.05) is 0 Å². The summed E-state index contributed by atoms with van der Waals surface area (Å²) in [7, 11) is 0. The highest BCUT2D eigenvalue weighted by Crippen LogP contribution is 2.27. The molecule has 1 atom stereocenters. The summed E-state index contributed by atoms with van der Waals surface area (Å²) < 4.78 is 5.10. The van der Waals surface area contributed by atoms with Crippen LogP contribution < -0.4 is 5.32 Å². The van der Waals surface area contributed by atoms with Gasteiger partial charge in [-0.1, -0.05) is 19.3 Å². The number of carbonyl (C=O) groups is 2. The van der Waals surface area contributed by atoms with E-state index in [-0.39, 0.29) is 0 Å². The van der Waals surface area contributed by atoms with E-state index >= 15 is 0 Å². The zero-order chi connectivity index (χ0) is 15.3. The molecule has 0 aromatic carbocycles. The fraction of sp³-hybridized carbons (Fsp3) is 0.533. The highest BCUT2D eigenvalue weighted by molar-refractivity contribution is 5.90. The molecule has 2 rings (SSSR count). The molecule has 0 bridgehead atoms. The van der Waals surface area contributed by atoms with Gasteiger partial charge in [-0.2, -0.15) is 5.26 Å². The molecule has 0 saturated heterocycles. The molecule has 1 aromatic rings. The summed E-state index contributed by atoms with van der Waals surface area (Å²) in [5.74, 6) is -1.02. The third kappa shape index (κ3) is 3.63. The Balaban J connectivity index is 1.93. The van der Waals surface area contributed by atoms with Gasteiger partial charge in [-0.05, 0) is 31.9 Å². The summed E-state index contributed by atoms with van der Waals surface area (Å²) >= 11 is 0. The minimum absolute atomic E-state index is 0.294. The highest BCUT2D eigenvalue weighted by atomic mass is 16.5. The molecule has 0 spiro atoms. The lowest BCUT2D eigenvalue weighted by atomic mass is 9.83. The number of nitrogens with one attached hydrogen (secondary N) is 2. The van der Waals surface area contributed by atoms with Crippen LogP contribution in [-0.2, 0) is 9.53 Å².